The van der Waals surface area contributed by atoms with Gasteiger partial charge in [0.2, 0.25) is 0 Å². The molecule has 0 radical (unpaired) electrons. The summed E-state index contributed by atoms with van der Waals surface area (Å²) in [6.07, 6.45) is 0. The van der Waals surface area contributed by atoms with Crippen molar-refractivity contribution in [1.29, 1.82) is 0 Å². The average molecular weight is 309 g/mol. The predicted octanol–water partition coefficient (Wildman–Crippen LogP) is 2.27. The monoisotopic (exact) mass is 308 g/mol. The third-order valence-electron chi connectivity index (χ3n) is 2.80. The molecule has 0 spiro atoms. The van der Waals surface area contributed by atoms with Crippen molar-refractivity contribution in [3.05, 3.63) is 33.6 Å². The maximum Gasteiger partial charge on any atom is 0.147 e. The van der Waals surface area contributed by atoms with Gasteiger partial charge in [0.1, 0.15) is 17.5 Å². The highest BCUT2D eigenvalue weighted by Crippen LogP contribution is 2.26. The Morgan fingerprint density at radius 2 is 1.82 bits per heavy atom. The fourth-order valence-corrected chi connectivity index (χ4v) is 2.20. The van der Waals surface area contributed by atoms with E-state index in [2.05, 4.69) is 21.2 Å². The molecule has 0 saturated carbocycles. The van der Waals surface area contributed by atoms with Crippen LogP contribution in [0.15, 0.2) is 10.5 Å². The van der Waals surface area contributed by atoms with Crippen LogP contribution in [0.2, 0.25) is 0 Å². The number of benzene rings is 1. The molecule has 0 aromatic heterocycles. The average Bonchev–Trinajstić information content (AvgIpc) is 2.33. The van der Waals surface area contributed by atoms with E-state index in [1.807, 2.05) is 4.90 Å². The first-order valence-corrected chi connectivity index (χ1v) is 6.14. The Morgan fingerprint density at radius 3 is 2.47 bits per heavy atom. The zero-order valence-electron chi connectivity index (χ0n) is 9.07. The standard InChI is InChI=1S/C11H12BrF3N2/c12-10-9(14)5-8(13)7(11(10)15)6-17-3-1-16-2-4-17/h5,16H,1-4,6H2. The molecule has 17 heavy (non-hydrogen) atoms. The van der Waals surface area contributed by atoms with Crippen molar-refractivity contribution in [2.75, 3.05) is 26.2 Å². The number of nitrogens with zero attached hydrogens (tertiary/aromatic N) is 1. The first-order valence-electron chi connectivity index (χ1n) is 5.34. The lowest BCUT2D eigenvalue weighted by atomic mass is 10.1. The van der Waals surface area contributed by atoms with E-state index in [1.54, 1.807) is 0 Å². The highest BCUT2D eigenvalue weighted by atomic mass is 79.9. The molecule has 1 heterocycles. The van der Waals surface area contributed by atoms with Crippen molar-refractivity contribution in [3.63, 3.8) is 0 Å². The summed E-state index contributed by atoms with van der Waals surface area (Å²) < 4.78 is 40.0. The van der Waals surface area contributed by atoms with Gasteiger partial charge in [0.15, 0.2) is 0 Å². The minimum Gasteiger partial charge on any atom is -0.314 e. The van der Waals surface area contributed by atoms with Gasteiger partial charge in [0.25, 0.3) is 0 Å². The summed E-state index contributed by atoms with van der Waals surface area (Å²) in [5.41, 5.74) is -0.0832. The SMILES string of the molecule is Fc1cc(F)c(CN2CCNCC2)c(F)c1Br. The van der Waals surface area contributed by atoms with Gasteiger partial charge in [-0.3, -0.25) is 4.90 Å². The van der Waals surface area contributed by atoms with Crippen LogP contribution in [0.3, 0.4) is 0 Å². The quantitative estimate of drug-likeness (QED) is 0.666. The van der Waals surface area contributed by atoms with Gasteiger partial charge in [0, 0.05) is 44.4 Å². The van der Waals surface area contributed by atoms with Gasteiger partial charge >= 0.3 is 0 Å². The van der Waals surface area contributed by atoms with E-state index in [-0.39, 0.29) is 16.6 Å². The van der Waals surface area contributed by atoms with Crippen LogP contribution in [0, 0.1) is 17.5 Å². The van der Waals surface area contributed by atoms with Gasteiger partial charge in [0.05, 0.1) is 4.47 Å². The minimum atomic E-state index is -0.913. The van der Waals surface area contributed by atoms with Gasteiger partial charge in [-0.1, -0.05) is 0 Å². The molecule has 0 bridgehead atoms. The van der Waals surface area contributed by atoms with Crippen molar-refractivity contribution >= 4 is 15.9 Å². The third kappa shape index (κ3) is 2.81. The maximum atomic E-state index is 13.7. The Kier molecular flexibility index (Phi) is 4.06. The van der Waals surface area contributed by atoms with Crippen LogP contribution in [0.5, 0.6) is 0 Å². The molecule has 6 heteroatoms. The Labute approximate surface area is 106 Å². The summed E-state index contributed by atoms with van der Waals surface area (Å²) in [7, 11) is 0. The van der Waals surface area contributed by atoms with E-state index < -0.39 is 17.5 Å². The lowest BCUT2D eigenvalue weighted by Crippen LogP contribution is -2.43. The van der Waals surface area contributed by atoms with Gasteiger partial charge < -0.3 is 5.32 Å². The van der Waals surface area contributed by atoms with Crippen molar-refractivity contribution in [1.82, 2.24) is 10.2 Å². The second kappa shape index (κ2) is 5.37. The van der Waals surface area contributed by atoms with Crippen LogP contribution < -0.4 is 5.32 Å². The molecule has 2 rings (SSSR count). The topological polar surface area (TPSA) is 15.3 Å². The summed E-state index contributed by atoms with van der Waals surface area (Å²) in [4.78, 5) is 1.93. The number of rotatable bonds is 2. The molecule has 1 aliphatic rings. The van der Waals surface area contributed by atoms with Crippen LogP contribution in [0.1, 0.15) is 5.56 Å². The summed E-state index contributed by atoms with van der Waals surface area (Å²) in [5.74, 6) is -2.59. The summed E-state index contributed by atoms with van der Waals surface area (Å²) in [6, 6.07) is 0.713. The lowest BCUT2D eigenvalue weighted by molar-refractivity contribution is 0.226. The van der Waals surface area contributed by atoms with E-state index >= 15 is 0 Å². The number of halogens is 4. The Balaban J connectivity index is 2.22. The van der Waals surface area contributed by atoms with E-state index in [4.69, 9.17) is 0 Å². The first-order chi connectivity index (χ1) is 8.09. The van der Waals surface area contributed by atoms with Crippen molar-refractivity contribution in [2.45, 2.75) is 6.54 Å². The summed E-state index contributed by atoms with van der Waals surface area (Å²) in [5, 5.41) is 3.15. The molecule has 0 unspecified atom stereocenters. The largest absolute Gasteiger partial charge is 0.314 e. The smallest absolute Gasteiger partial charge is 0.147 e. The van der Waals surface area contributed by atoms with Crippen LogP contribution in [0.4, 0.5) is 13.2 Å². The fraction of sp³-hybridized carbons (Fsp3) is 0.455. The third-order valence-corrected chi connectivity index (χ3v) is 3.53. The van der Waals surface area contributed by atoms with Crippen LogP contribution in [-0.2, 0) is 6.54 Å². The van der Waals surface area contributed by atoms with E-state index in [0.717, 1.165) is 26.2 Å². The van der Waals surface area contributed by atoms with Crippen molar-refractivity contribution in [2.24, 2.45) is 0 Å². The molecule has 1 aromatic rings. The molecular weight excluding hydrogens is 297 g/mol. The Hall–Kier alpha value is -0.590. The van der Waals surface area contributed by atoms with E-state index in [1.165, 1.54) is 0 Å². The van der Waals surface area contributed by atoms with Crippen molar-refractivity contribution < 1.29 is 13.2 Å². The van der Waals surface area contributed by atoms with Crippen LogP contribution >= 0.6 is 15.9 Å². The maximum absolute atomic E-state index is 13.7. The van der Waals surface area contributed by atoms with Gasteiger partial charge in [-0.15, -0.1) is 0 Å². The summed E-state index contributed by atoms with van der Waals surface area (Å²) >= 11 is 2.78. The Morgan fingerprint density at radius 1 is 1.18 bits per heavy atom. The number of piperazine rings is 1. The molecule has 1 N–H and O–H groups in total. The molecule has 2 nitrogen and oxygen atoms in total. The molecule has 1 aromatic carbocycles. The number of hydrogen-bond donors (Lipinski definition) is 1. The fourth-order valence-electron chi connectivity index (χ4n) is 1.84. The van der Waals surface area contributed by atoms with E-state index in [9.17, 15) is 13.2 Å². The van der Waals surface area contributed by atoms with Gasteiger partial charge in [-0.2, -0.15) is 0 Å². The molecule has 0 atom stereocenters. The van der Waals surface area contributed by atoms with Crippen LogP contribution in [0.25, 0.3) is 0 Å². The second-order valence-corrected chi connectivity index (χ2v) is 4.77. The molecule has 1 saturated heterocycles. The summed E-state index contributed by atoms with van der Waals surface area (Å²) in [6.45, 7) is 3.22. The van der Waals surface area contributed by atoms with Gasteiger partial charge in [-0.25, -0.2) is 13.2 Å². The first kappa shape index (κ1) is 12.9. The molecular formula is C11H12BrF3N2. The number of nitrogens with one attached hydrogen (secondary N) is 1. The van der Waals surface area contributed by atoms with Gasteiger partial charge in [-0.05, 0) is 15.9 Å². The molecule has 1 fully saturated rings. The van der Waals surface area contributed by atoms with E-state index in [0.29, 0.717) is 6.07 Å². The van der Waals surface area contributed by atoms with Crippen molar-refractivity contribution in [3.8, 4) is 0 Å². The zero-order valence-corrected chi connectivity index (χ0v) is 10.7. The molecule has 1 aliphatic heterocycles. The molecule has 0 aliphatic carbocycles. The second-order valence-electron chi connectivity index (χ2n) is 3.97. The Bertz CT molecular complexity index is 420. The highest BCUT2D eigenvalue weighted by Gasteiger charge is 2.20. The predicted molar refractivity (Wildman–Crippen MR) is 62.2 cm³/mol. The molecule has 94 valence electrons. The lowest BCUT2D eigenvalue weighted by Gasteiger charge is -2.27. The normalized spacial score (nSPS) is 17.4. The number of hydrogen-bond acceptors (Lipinski definition) is 2. The highest BCUT2D eigenvalue weighted by molar-refractivity contribution is 9.10. The molecule has 0 amide bonds. The minimum absolute atomic E-state index is 0.0832. The van der Waals surface area contributed by atoms with Crippen LogP contribution in [-0.4, -0.2) is 31.1 Å². The zero-order chi connectivity index (χ0) is 12.4.